The van der Waals surface area contributed by atoms with E-state index >= 15 is 0 Å². The fourth-order valence-electron chi connectivity index (χ4n) is 2.02. The van der Waals surface area contributed by atoms with Crippen molar-refractivity contribution in [3.05, 3.63) is 27.1 Å². The molecule has 0 unspecified atom stereocenters. The number of nitrogens with zero attached hydrogens (tertiary/aromatic N) is 2. The maximum atomic E-state index is 12.6. The minimum absolute atomic E-state index is 0.155. The number of aromatic nitrogens is 2. The van der Waals surface area contributed by atoms with E-state index < -0.39 is 12.0 Å². The lowest BCUT2D eigenvalue weighted by Gasteiger charge is -2.17. The van der Waals surface area contributed by atoms with Gasteiger partial charge in [0.1, 0.15) is 10.9 Å². The normalized spacial score (nSPS) is 14.1. The van der Waals surface area contributed by atoms with Gasteiger partial charge in [0.15, 0.2) is 0 Å². The molecule has 2 rings (SSSR count). The third-order valence-corrected chi connectivity index (χ3v) is 4.88. The predicted octanol–water partition coefficient (Wildman–Crippen LogP) is 2.98. The van der Waals surface area contributed by atoms with Crippen LogP contribution in [0.2, 0.25) is 0 Å². The molecule has 0 aliphatic rings. The molecule has 0 aliphatic carbocycles. The molecule has 2 aromatic rings. The molecule has 5 nitrogen and oxygen atoms in total. The molecule has 2 aromatic heterocycles. The maximum Gasteiger partial charge on any atom is 0.329 e. The van der Waals surface area contributed by atoms with Crippen molar-refractivity contribution in [1.82, 2.24) is 9.55 Å². The first-order valence-corrected chi connectivity index (χ1v) is 7.85. The summed E-state index contributed by atoms with van der Waals surface area (Å²) in [5.74, 6) is -0.405. The van der Waals surface area contributed by atoms with E-state index in [1.807, 2.05) is 27.7 Å². The highest BCUT2D eigenvalue weighted by Crippen LogP contribution is 2.26. The molecule has 0 radical (unpaired) electrons. The second-order valence-electron chi connectivity index (χ2n) is 5.25. The van der Waals surface area contributed by atoms with Crippen molar-refractivity contribution < 1.29 is 9.53 Å². The van der Waals surface area contributed by atoms with Gasteiger partial charge in [-0.2, -0.15) is 0 Å². The van der Waals surface area contributed by atoms with Crippen LogP contribution in [0.15, 0.2) is 11.1 Å². The number of carbonyl (C=O) groups excluding carboxylic acids is 1. The van der Waals surface area contributed by atoms with E-state index in [0.717, 1.165) is 16.9 Å². The van der Waals surface area contributed by atoms with E-state index in [4.69, 9.17) is 4.74 Å². The van der Waals surface area contributed by atoms with Crippen molar-refractivity contribution in [2.24, 2.45) is 0 Å². The van der Waals surface area contributed by atoms with Crippen LogP contribution in [0.5, 0.6) is 0 Å². The van der Waals surface area contributed by atoms with Crippen LogP contribution in [-0.2, 0) is 9.53 Å². The third-order valence-electron chi connectivity index (χ3n) is 3.77. The van der Waals surface area contributed by atoms with E-state index in [9.17, 15) is 9.59 Å². The summed E-state index contributed by atoms with van der Waals surface area (Å²) in [5.41, 5.74) is 0.750. The quantitative estimate of drug-likeness (QED) is 0.815. The highest BCUT2D eigenvalue weighted by atomic mass is 32.1. The Morgan fingerprint density at radius 1 is 1.43 bits per heavy atom. The fourth-order valence-corrected chi connectivity index (χ4v) is 3.00. The zero-order valence-electron chi connectivity index (χ0n) is 13.0. The largest absolute Gasteiger partial charge is 0.461 e. The summed E-state index contributed by atoms with van der Waals surface area (Å²) in [6, 6.07) is -0.678. The highest BCUT2D eigenvalue weighted by molar-refractivity contribution is 7.18. The second-order valence-corrected chi connectivity index (χ2v) is 6.46. The summed E-state index contributed by atoms with van der Waals surface area (Å²) in [6.07, 6.45) is 2.02. The molecule has 0 fully saturated rings. The van der Waals surface area contributed by atoms with Crippen LogP contribution >= 0.6 is 11.3 Å². The van der Waals surface area contributed by atoms with E-state index in [2.05, 4.69) is 4.98 Å². The lowest BCUT2D eigenvalue weighted by atomic mass is 10.2. The molecule has 2 heterocycles. The number of thiophene rings is 1. The van der Waals surface area contributed by atoms with Crippen LogP contribution < -0.4 is 5.56 Å². The molecule has 0 bridgehead atoms. The number of hydrogen-bond acceptors (Lipinski definition) is 5. The Balaban J connectivity index is 2.43. The minimum Gasteiger partial charge on any atom is -0.461 e. The molecule has 21 heavy (non-hydrogen) atoms. The van der Waals surface area contributed by atoms with Gasteiger partial charge in [-0.1, -0.05) is 6.92 Å². The highest BCUT2D eigenvalue weighted by Gasteiger charge is 2.22. The molecular weight excluding hydrogens is 288 g/mol. The number of esters is 1. The molecule has 0 saturated carbocycles. The van der Waals surface area contributed by atoms with Gasteiger partial charge in [0.25, 0.3) is 5.56 Å². The molecule has 2 atom stereocenters. The zero-order chi connectivity index (χ0) is 15.7. The summed E-state index contributed by atoms with van der Waals surface area (Å²) in [7, 11) is 0. The molecule has 0 aromatic carbocycles. The average molecular weight is 308 g/mol. The molecule has 0 N–H and O–H groups in total. The number of carbonyl (C=O) groups is 1. The molecule has 114 valence electrons. The van der Waals surface area contributed by atoms with Crippen molar-refractivity contribution in [1.29, 1.82) is 0 Å². The summed E-state index contributed by atoms with van der Waals surface area (Å²) in [6.45, 7) is 9.31. The summed E-state index contributed by atoms with van der Waals surface area (Å²) < 4.78 is 6.65. The lowest BCUT2D eigenvalue weighted by Crippen LogP contribution is -2.31. The second kappa shape index (κ2) is 5.97. The van der Waals surface area contributed by atoms with Crippen LogP contribution in [0.25, 0.3) is 10.2 Å². The Hall–Kier alpha value is -1.69. The number of rotatable bonds is 4. The topological polar surface area (TPSA) is 61.2 Å². The van der Waals surface area contributed by atoms with Gasteiger partial charge in [-0.25, -0.2) is 9.78 Å². The first-order valence-electron chi connectivity index (χ1n) is 7.04. The summed E-state index contributed by atoms with van der Waals surface area (Å²) in [4.78, 5) is 30.8. The Morgan fingerprint density at radius 2 is 2.10 bits per heavy atom. The van der Waals surface area contributed by atoms with Gasteiger partial charge in [0, 0.05) is 4.88 Å². The van der Waals surface area contributed by atoms with Crippen LogP contribution in [0.3, 0.4) is 0 Å². The summed E-state index contributed by atoms with van der Waals surface area (Å²) >= 11 is 1.50. The van der Waals surface area contributed by atoms with Crippen molar-refractivity contribution in [2.45, 2.75) is 53.2 Å². The van der Waals surface area contributed by atoms with Crippen molar-refractivity contribution in [2.75, 3.05) is 0 Å². The van der Waals surface area contributed by atoms with Crippen molar-refractivity contribution in [3.8, 4) is 0 Å². The molecule has 0 spiro atoms. The molecule has 0 saturated heterocycles. The first-order chi connectivity index (χ1) is 9.86. The van der Waals surface area contributed by atoms with Gasteiger partial charge in [0.2, 0.25) is 0 Å². The van der Waals surface area contributed by atoms with Crippen LogP contribution in [0.4, 0.5) is 0 Å². The maximum absolute atomic E-state index is 12.6. The van der Waals surface area contributed by atoms with E-state index in [1.54, 1.807) is 6.92 Å². The number of hydrogen-bond donors (Lipinski definition) is 0. The lowest BCUT2D eigenvalue weighted by molar-refractivity contribution is -0.152. The number of fused-ring (bicyclic) bond motifs is 1. The smallest absolute Gasteiger partial charge is 0.329 e. The third kappa shape index (κ3) is 2.85. The SMILES string of the molecule is CC[C@H](C)OC(=O)[C@@H](C)n1cnc2sc(C)c(C)c2c1=O. The molecular formula is C15H20N2O3S. The molecule has 0 aliphatic heterocycles. The monoisotopic (exact) mass is 308 g/mol. The zero-order valence-corrected chi connectivity index (χ0v) is 13.8. The predicted molar refractivity (Wildman–Crippen MR) is 83.9 cm³/mol. The van der Waals surface area contributed by atoms with Gasteiger partial charge in [-0.05, 0) is 39.7 Å². The van der Waals surface area contributed by atoms with Gasteiger partial charge in [-0.15, -0.1) is 11.3 Å². The van der Waals surface area contributed by atoms with Crippen LogP contribution in [0.1, 0.15) is 43.7 Å². The van der Waals surface area contributed by atoms with E-state index in [1.165, 1.54) is 22.2 Å². The Morgan fingerprint density at radius 3 is 2.71 bits per heavy atom. The number of ether oxygens (including phenoxy) is 1. The van der Waals surface area contributed by atoms with E-state index in [-0.39, 0.29) is 11.7 Å². The van der Waals surface area contributed by atoms with Gasteiger partial charge in [0.05, 0.1) is 17.8 Å². The van der Waals surface area contributed by atoms with E-state index in [0.29, 0.717) is 10.2 Å². The fraction of sp³-hybridized carbons (Fsp3) is 0.533. The van der Waals surface area contributed by atoms with Crippen molar-refractivity contribution in [3.63, 3.8) is 0 Å². The van der Waals surface area contributed by atoms with Crippen LogP contribution in [-0.4, -0.2) is 21.6 Å². The number of aryl methyl sites for hydroxylation is 2. The Bertz CT molecular complexity index is 732. The van der Waals surface area contributed by atoms with Crippen LogP contribution in [0, 0.1) is 13.8 Å². The minimum atomic E-state index is -0.678. The Kier molecular flexibility index (Phi) is 4.46. The van der Waals surface area contributed by atoms with Gasteiger partial charge < -0.3 is 4.74 Å². The standard InChI is InChI=1S/C15H20N2O3S/c1-6-8(2)20-15(19)10(4)17-7-16-13-12(14(17)18)9(3)11(5)21-13/h7-8,10H,6H2,1-5H3/t8-,10+/m0/s1. The molecule has 0 amide bonds. The summed E-state index contributed by atoms with van der Waals surface area (Å²) in [5, 5.41) is 0.600. The molecule has 6 heteroatoms. The average Bonchev–Trinajstić information content (AvgIpc) is 2.74. The van der Waals surface area contributed by atoms with Gasteiger partial charge in [-0.3, -0.25) is 9.36 Å². The van der Waals surface area contributed by atoms with Crippen molar-refractivity contribution >= 4 is 27.5 Å². The van der Waals surface area contributed by atoms with Gasteiger partial charge >= 0.3 is 5.97 Å². The first kappa shape index (κ1) is 15.7. The Labute approximate surface area is 127 Å².